The molecule has 2 N–H and O–H groups in total. The second-order valence-electron chi connectivity index (χ2n) is 5.77. The monoisotopic (exact) mass is 298 g/mol. The van der Waals surface area contributed by atoms with Gasteiger partial charge >= 0.3 is 0 Å². The summed E-state index contributed by atoms with van der Waals surface area (Å²) in [6, 6.07) is 15.3. The average molecular weight is 298 g/mol. The summed E-state index contributed by atoms with van der Waals surface area (Å²) in [6.45, 7) is 4.20. The lowest BCUT2D eigenvalue weighted by molar-refractivity contribution is 0.161. The summed E-state index contributed by atoms with van der Waals surface area (Å²) in [4.78, 5) is 0. The third-order valence-electron chi connectivity index (χ3n) is 3.71. The van der Waals surface area contributed by atoms with Gasteiger partial charge in [0.25, 0.3) is 0 Å². The molecule has 0 saturated heterocycles. The van der Waals surface area contributed by atoms with Crippen molar-refractivity contribution in [3.8, 4) is 6.07 Å². The maximum atomic E-state index is 13.3. The first kappa shape index (κ1) is 16.2. The van der Waals surface area contributed by atoms with Crippen LogP contribution >= 0.6 is 0 Å². The zero-order valence-corrected chi connectivity index (χ0v) is 12.7. The Morgan fingerprint density at radius 2 is 1.91 bits per heavy atom. The molecule has 0 aromatic heterocycles. The molecule has 0 bridgehead atoms. The van der Waals surface area contributed by atoms with Crippen molar-refractivity contribution in [2.24, 2.45) is 0 Å². The van der Waals surface area contributed by atoms with Crippen LogP contribution in [-0.4, -0.2) is 11.7 Å². The van der Waals surface area contributed by atoms with E-state index in [0.29, 0.717) is 12.1 Å². The van der Waals surface area contributed by atoms with E-state index in [-0.39, 0.29) is 5.82 Å². The van der Waals surface area contributed by atoms with Crippen molar-refractivity contribution in [1.82, 2.24) is 5.32 Å². The van der Waals surface area contributed by atoms with Crippen LogP contribution in [0.1, 0.15) is 36.6 Å². The number of halogens is 1. The molecule has 2 aromatic rings. The molecule has 0 spiro atoms. The first-order valence-corrected chi connectivity index (χ1v) is 7.11. The molecule has 0 saturated carbocycles. The van der Waals surface area contributed by atoms with E-state index in [1.165, 1.54) is 12.1 Å². The lowest BCUT2D eigenvalue weighted by atomic mass is 9.93. The van der Waals surface area contributed by atoms with Gasteiger partial charge in [0, 0.05) is 12.1 Å². The Bertz CT molecular complexity index is 674. The Morgan fingerprint density at radius 3 is 2.50 bits per heavy atom. The van der Waals surface area contributed by atoms with E-state index in [9.17, 15) is 9.50 Å². The van der Waals surface area contributed by atoms with Gasteiger partial charge in [0.1, 0.15) is 5.82 Å². The smallest absolute Gasteiger partial charge is 0.123 e. The standard InChI is InChI=1S/C18H19FN2O/c1-18(2,15-4-3-5-16(19)10-15)21-12-17(22)14-8-6-13(11-20)7-9-14/h3-10,17,21-22H,12H2,1-2H3. The lowest BCUT2D eigenvalue weighted by Crippen LogP contribution is -2.39. The van der Waals surface area contributed by atoms with Gasteiger partial charge in [-0.05, 0) is 49.2 Å². The minimum absolute atomic E-state index is 0.278. The van der Waals surface area contributed by atoms with Crippen molar-refractivity contribution in [3.05, 3.63) is 71.0 Å². The number of rotatable bonds is 5. The minimum atomic E-state index is -0.694. The van der Waals surface area contributed by atoms with Gasteiger partial charge in [-0.3, -0.25) is 0 Å². The molecule has 0 amide bonds. The highest BCUT2D eigenvalue weighted by Crippen LogP contribution is 2.22. The molecule has 0 fully saturated rings. The van der Waals surface area contributed by atoms with E-state index in [4.69, 9.17) is 5.26 Å². The highest BCUT2D eigenvalue weighted by Gasteiger charge is 2.21. The molecule has 114 valence electrons. The second kappa shape index (κ2) is 6.69. The third-order valence-corrected chi connectivity index (χ3v) is 3.71. The number of aliphatic hydroxyl groups is 1. The Hall–Kier alpha value is -2.22. The van der Waals surface area contributed by atoms with Gasteiger partial charge in [-0.2, -0.15) is 5.26 Å². The molecule has 1 unspecified atom stereocenters. The molecule has 1 atom stereocenters. The molecular weight excluding hydrogens is 279 g/mol. The number of hydrogen-bond donors (Lipinski definition) is 2. The largest absolute Gasteiger partial charge is 0.387 e. The van der Waals surface area contributed by atoms with Crippen molar-refractivity contribution in [2.75, 3.05) is 6.54 Å². The number of benzene rings is 2. The molecule has 4 heteroatoms. The predicted molar refractivity (Wildman–Crippen MR) is 83.5 cm³/mol. The first-order chi connectivity index (χ1) is 10.4. The fraction of sp³-hybridized carbons (Fsp3) is 0.278. The van der Waals surface area contributed by atoms with Gasteiger partial charge in [-0.15, -0.1) is 0 Å². The summed E-state index contributed by atoms with van der Waals surface area (Å²) >= 11 is 0. The molecule has 0 aliphatic rings. The number of hydrogen-bond acceptors (Lipinski definition) is 3. The average Bonchev–Trinajstić information content (AvgIpc) is 2.53. The van der Waals surface area contributed by atoms with Gasteiger partial charge < -0.3 is 10.4 Å². The molecule has 0 aliphatic carbocycles. The van der Waals surface area contributed by atoms with E-state index in [1.54, 1.807) is 30.3 Å². The molecule has 0 heterocycles. The number of aliphatic hydroxyl groups excluding tert-OH is 1. The quantitative estimate of drug-likeness (QED) is 0.891. The summed E-state index contributed by atoms with van der Waals surface area (Å²) in [5.41, 5.74) is 1.65. The van der Waals surface area contributed by atoms with Gasteiger partial charge in [-0.1, -0.05) is 24.3 Å². The highest BCUT2D eigenvalue weighted by atomic mass is 19.1. The Kier molecular flexibility index (Phi) is 4.92. The van der Waals surface area contributed by atoms with Crippen LogP contribution in [0, 0.1) is 17.1 Å². The van der Waals surface area contributed by atoms with Crippen LogP contribution in [0.4, 0.5) is 4.39 Å². The molecule has 2 rings (SSSR count). The van der Waals surface area contributed by atoms with Gasteiger partial charge in [-0.25, -0.2) is 4.39 Å². The van der Waals surface area contributed by atoms with Crippen LogP contribution in [0.3, 0.4) is 0 Å². The molecular formula is C18H19FN2O. The van der Waals surface area contributed by atoms with Crippen LogP contribution < -0.4 is 5.32 Å². The topological polar surface area (TPSA) is 56.0 Å². The normalized spacial score (nSPS) is 12.7. The van der Waals surface area contributed by atoms with Crippen LogP contribution in [0.5, 0.6) is 0 Å². The summed E-state index contributed by atoms with van der Waals surface area (Å²) in [5, 5.41) is 22.2. The summed E-state index contributed by atoms with van der Waals surface area (Å²) in [5.74, 6) is -0.278. The number of nitrogens with zero attached hydrogens (tertiary/aromatic N) is 1. The molecule has 0 aliphatic heterocycles. The van der Waals surface area contributed by atoms with Gasteiger partial charge in [0.2, 0.25) is 0 Å². The zero-order chi connectivity index (χ0) is 16.2. The van der Waals surface area contributed by atoms with Crippen molar-refractivity contribution >= 4 is 0 Å². The van der Waals surface area contributed by atoms with Crippen molar-refractivity contribution < 1.29 is 9.50 Å². The van der Waals surface area contributed by atoms with Crippen LogP contribution in [0.15, 0.2) is 48.5 Å². The Balaban J connectivity index is 2.03. The maximum absolute atomic E-state index is 13.3. The molecule has 22 heavy (non-hydrogen) atoms. The second-order valence-corrected chi connectivity index (χ2v) is 5.77. The number of nitriles is 1. The van der Waals surface area contributed by atoms with E-state index >= 15 is 0 Å². The minimum Gasteiger partial charge on any atom is -0.387 e. The number of nitrogens with one attached hydrogen (secondary N) is 1. The van der Waals surface area contributed by atoms with E-state index in [0.717, 1.165) is 11.1 Å². The zero-order valence-electron chi connectivity index (χ0n) is 12.7. The van der Waals surface area contributed by atoms with Gasteiger partial charge in [0.05, 0.1) is 17.7 Å². The highest BCUT2D eigenvalue weighted by molar-refractivity contribution is 5.32. The SMILES string of the molecule is CC(C)(NCC(O)c1ccc(C#N)cc1)c1cccc(F)c1. The summed E-state index contributed by atoms with van der Waals surface area (Å²) in [6.07, 6.45) is -0.694. The van der Waals surface area contributed by atoms with Gasteiger partial charge in [0.15, 0.2) is 0 Å². The molecule has 3 nitrogen and oxygen atoms in total. The van der Waals surface area contributed by atoms with Crippen molar-refractivity contribution in [3.63, 3.8) is 0 Å². The predicted octanol–water partition coefficient (Wildman–Crippen LogP) is 3.26. The molecule has 2 aromatic carbocycles. The van der Waals surface area contributed by atoms with E-state index in [1.807, 2.05) is 26.0 Å². The maximum Gasteiger partial charge on any atom is 0.123 e. The fourth-order valence-corrected chi connectivity index (χ4v) is 2.23. The van der Waals surface area contributed by atoms with Crippen LogP contribution in [0.2, 0.25) is 0 Å². The fourth-order valence-electron chi connectivity index (χ4n) is 2.23. The lowest BCUT2D eigenvalue weighted by Gasteiger charge is -2.28. The van der Waals surface area contributed by atoms with E-state index < -0.39 is 11.6 Å². The molecule has 0 radical (unpaired) electrons. The van der Waals surface area contributed by atoms with Crippen LogP contribution in [0.25, 0.3) is 0 Å². The van der Waals surface area contributed by atoms with Crippen molar-refractivity contribution in [1.29, 1.82) is 5.26 Å². The summed E-state index contributed by atoms with van der Waals surface area (Å²) < 4.78 is 13.3. The van der Waals surface area contributed by atoms with E-state index in [2.05, 4.69) is 5.32 Å². The van der Waals surface area contributed by atoms with Crippen molar-refractivity contribution in [2.45, 2.75) is 25.5 Å². The summed E-state index contributed by atoms with van der Waals surface area (Å²) in [7, 11) is 0. The Morgan fingerprint density at radius 1 is 1.23 bits per heavy atom. The van der Waals surface area contributed by atoms with Crippen LogP contribution in [-0.2, 0) is 5.54 Å². The Labute approximate surface area is 130 Å². The first-order valence-electron chi connectivity index (χ1n) is 7.11. The third kappa shape index (κ3) is 3.91.